The molecule has 6 heteroatoms. The van der Waals surface area contributed by atoms with E-state index in [-0.39, 0.29) is 38.9 Å². The highest BCUT2D eigenvalue weighted by molar-refractivity contribution is 5.91. The topological polar surface area (TPSA) is 78.9 Å². The van der Waals surface area contributed by atoms with Crippen molar-refractivity contribution in [2.45, 2.75) is 223 Å². The van der Waals surface area contributed by atoms with Gasteiger partial charge in [-0.2, -0.15) is 0 Å². The van der Waals surface area contributed by atoms with Crippen molar-refractivity contribution in [3.63, 3.8) is 0 Å². The average Bonchev–Trinajstić information content (AvgIpc) is 0.730. The van der Waals surface area contributed by atoms with Gasteiger partial charge in [0.05, 0.1) is 22.1 Å². The van der Waals surface area contributed by atoms with Crippen LogP contribution in [0.25, 0.3) is 5.57 Å². The normalized spacial score (nSPS) is 13.5. The molecule has 736 valence electrons. The van der Waals surface area contributed by atoms with Crippen LogP contribution in [-0.4, -0.2) is 17.9 Å². The quantitative estimate of drug-likeness (QED) is 0.0305. The van der Waals surface area contributed by atoms with Crippen LogP contribution in [0.4, 0.5) is 0 Å². The highest BCUT2D eigenvalue weighted by atomic mass is 16.5. The minimum absolute atomic E-state index is 0. The fraction of sp³-hybridized carbons (Fsp3) is 0.268. The molecule has 0 aliphatic heterocycles. The lowest BCUT2D eigenvalue weighted by atomic mass is 9.53. The summed E-state index contributed by atoms with van der Waals surface area (Å²) in [5.41, 5.74) is 39.7. The van der Waals surface area contributed by atoms with Crippen LogP contribution in [0.3, 0.4) is 0 Å². The molecule has 2 fully saturated rings. The zero-order valence-corrected chi connectivity index (χ0v) is 87.9. The number of esters is 3. The molecule has 18 rings (SSSR count). The molecule has 2 aliphatic carbocycles. The maximum Gasteiger partial charge on any atom is 0.338 e. The van der Waals surface area contributed by atoms with Crippen LogP contribution in [0.15, 0.2) is 389 Å². The Morgan fingerprint density at radius 1 is 0.250 bits per heavy atom. The van der Waals surface area contributed by atoms with Crippen molar-refractivity contribution >= 4 is 23.5 Å². The maximum absolute atomic E-state index is 12.5. The lowest BCUT2D eigenvalue weighted by Crippen LogP contribution is -2.43. The molecule has 0 radical (unpaired) electrons. The van der Waals surface area contributed by atoms with Crippen LogP contribution in [0.5, 0.6) is 0 Å². The summed E-state index contributed by atoms with van der Waals surface area (Å²) in [6, 6.07) is 137. The van der Waals surface area contributed by atoms with Crippen LogP contribution in [0.2, 0.25) is 0 Å². The van der Waals surface area contributed by atoms with Crippen molar-refractivity contribution in [2.75, 3.05) is 0 Å². The van der Waals surface area contributed by atoms with E-state index in [1.54, 1.807) is 54.6 Å². The fourth-order valence-electron chi connectivity index (χ4n) is 21.8. The van der Waals surface area contributed by atoms with Gasteiger partial charge in [-0.1, -0.05) is 431 Å². The van der Waals surface area contributed by atoms with E-state index in [2.05, 4.69) is 388 Å². The predicted molar refractivity (Wildman–Crippen MR) is 602 cm³/mol. The molecule has 0 aromatic heterocycles. The van der Waals surface area contributed by atoms with Crippen LogP contribution >= 0.6 is 0 Å². The second kappa shape index (κ2) is 46.8. The Balaban J connectivity index is 0.000000164. The zero-order chi connectivity index (χ0) is 102. The fourth-order valence-corrected chi connectivity index (χ4v) is 21.8. The highest BCUT2D eigenvalue weighted by Crippen LogP contribution is 2.58. The number of hydrogen-bond donors (Lipinski definition) is 0. The Labute approximate surface area is 862 Å². The van der Waals surface area contributed by atoms with Crippen LogP contribution in [-0.2, 0) is 68.5 Å². The smallest absolute Gasteiger partial charge is 0.338 e. The van der Waals surface area contributed by atoms with Crippen molar-refractivity contribution in [1.29, 1.82) is 0 Å². The molecule has 0 heterocycles. The maximum atomic E-state index is 12.5. The molecule has 2 saturated carbocycles. The second-order valence-corrected chi connectivity index (χ2v) is 42.3. The minimum Gasteiger partial charge on any atom is -0.457 e. The summed E-state index contributed by atoms with van der Waals surface area (Å²) in [5, 5.41) is 0. The first-order valence-corrected chi connectivity index (χ1v) is 51.6. The van der Waals surface area contributed by atoms with Crippen molar-refractivity contribution in [2.24, 2.45) is 17.3 Å². The van der Waals surface area contributed by atoms with Gasteiger partial charge in [-0.05, 0) is 329 Å². The van der Waals surface area contributed by atoms with E-state index >= 15 is 0 Å². The number of allylic oxidation sites excluding steroid dienone is 1. The first-order chi connectivity index (χ1) is 69.2. The minimum atomic E-state index is -0.482. The number of ether oxygens (including phenoxy) is 3. The van der Waals surface area contributed by atoms with E-state index in [4.69, 9.17) is 20.8 Å². The molecule has 0 spiro atoms. The Kier molecular flexibility index (Phi) is 33.8. The third-order valence-electron chi connectivity index (χ3n) is 31.1. The van der Waals surface area contributed by atoms with Gasteiger partial charge in [0.2, 0.25) is 0 Å². The number of hydrogen-bond acceptors (Lipinski definition) is 6. The molecular formula is C138H148O6. The van der Waals surface area contributed by atoms with Gasteiger partial charge in [-0.25, -0.2) is 14.4 Å². The lowest BCUT2D eigenvalue weighted by molar-refractivity contribution is 0.0364. The third-order valence-corrected chi connectivity index (χ3v) is 31.1. The van der Waals surface area contributed by atoms with Crippen molar-refractivity contribution < 1.29 is 31.4 Å². The summed E-state index contributed by atoms with van der Waals surface area (Å²) >= 11 is 0. The summed E-state index contributed by atoms with van der Waals surface area (Å²) < 4.78 is 16.6. The molecule has 0 N–H and O–H groups in total. The zero-order valence-electron chi connectivity index (χ0n) is 87.9. The SMILES string of the molecule is C=C(c1ccc(C)cc1)C(c1ccc(C)cc1)(c1ccc(C)cc1)c1ccc(C)cc1.Cc1ccc(C(=O)OCc2cc(COC(=O)c3ccc(C)cc3)cc(COC(=O)c3ccc(C)cc3)c2)cc1.Cc1ccc(C2(c3ccc(C)cc3)CCC(C(C)(C)C3CCC(c4ccc(C)cc4)(c4ccc(C)cc4)CC3)CC2)cc1.Cc1ccc(CC(Cc2ccc(C)cc2)(c2ccc(C)cc2)c2ccc(C)cc2)cc1.[HH].[HH]. The molecule has 0 amide bonds. The summed E-state index contributed by atoms with van der Waals surface area (Å²) in [6.45, 7) is 41.8. The number of rotatable bonds is 26. The third kappa shape index (κ3) is 25.3. The second-order valence-electron chi connectivity index (χ2n) is 42.3. The van der Waals surface area contributed by atoms with Gasteiger partial charge in [-0.15, -0.1) is 0 Å². The summed E-state index contributed by atoms with van der Waals surface area (Å²) in [7, 11) is 0. The monoisotopic (exact) mass is 1900 g/mol. The Hall–Kier alpha value is -14.3. The average molecular weight is 1900 g/mol. The van der Waals surface area contributed by atoms with Gasteiger partial charge >= 0.3 is 17.9 Å². The Bertz CT molecular complexity index is 6340. The number of benzene rings is 16. The first-order valence-electron chi connectivity index (χ1n) is 51.6. The highest BCUT2D eigenvalue weighted by Gasteiger charge is 2.49. The first kappa shape index (κ1) is 104. The van der Waals surface area contributed by atoms with Crippen molar-refractivity contribution in [3.05, 3.63) is 572 Å². The van der Waals surface area contributed by atoms with E-state index < -0.39 is 23.3 Å². The van der Waals surface area contributed by atoms with Crippen LogP contribution in [0, 0.1) is 121 Å². The van der Waals surface area contributed by atoms with E-state index in [1.807, 2.05) is 57.2 Å². The number of carbonyl (C=O) groups is 3. The Morgan fingerprint density at radius 2 is 0.431 bits per heavy atom. The summed E-state index contributed by atoms with van der Waals surface area (Å²) in [6.07, 6.45) is 12.2. The molecular weight excluding hydrogens is 1750 g/mol. The van der Waals surface area contributed by atoms with Gasteiger partial charge in [0.25, 0.3) is 0 Å². The lowest BCUT2D eigenvalue weighted by Gasteiger charge is -2.51. The van der Waals surface area contributed by atoms with Gasteiger partial charge in [-0.3, -0.25) is 0 Å². The van der Waals surface area contributed by atoms with E-state index in [9.17, 15) is 14.4 Å². The van der Waals surface area contributed by atoms with Crippen LogP contribution in [0.1, 0.15) is 266 Å². The Morgan fingerprint density at radius 3 is 0.646 bits per heavy atom. The van der Waals surface area contributed by atoms with Gasteiger partial charge in [0.15, 0.2) is 0 Å². The van der Waals surface area contributed by atoms with Gasteiger partial charge in [0, 0.05) is 19.1 Å². The molecule has 0 atom stereocenters. The molecule has 144 heavy (non-hydrogen) atoms. The predicted octanol–water partition coefficient (Wildman–Crippen LogP) is 34.4. The van der Waals surface area contributed by atoms with Gasteiger partial charge < -0.3 is 14.2 Å². The molecule has 16 aromatic rings. The molecule has 2 aliphatic rings. The van der Waals surface area contributed by atoms with Crippen molar-refractivity contribution in [1.82, 2.24) is 0 Å². The molecule has 0 saturated heterocycles. The summed E-state index contributed by atoms with van der Waals surface area (Å²) in [4.78, 5) is 37.6. The van der Waals surface area contributed by atoms with E-state index in [1.165, 1.54) is 179 Å². The molecule has 0 bridgehead atoms. The molecule has 6 nitrogen and oxygen atoms in total. The van der Waals surface area contributed by atoms with Gasteiger partial charge in [0.1, 0.15) is 19.8 Å². The largest absolute Gasteiger partial charge is 0.457 e. The standard InChI is InChI=1S/C43H52.C33H30O6.C31H30.C31H32.2H2/c1-31-7-15-37(16-8-31)42(38-17-9-32(2)10-18-38)27-23-35(24-28-42)41(5,6)36-25-29-43(30-26-36,39-19-11-33(3)12-20-39)40-21-13-34(4)14-22-40;1-22-4-10-28(11-5-22)31(34)37-19-25-16-26(20-38-32(35)29-12-6-23(2)7-13-29)18-27(17-25)21-39-33(36)30-14-8-24(3)9-15-30;1-22-6-14-27(15-7-22)26(5)31(28-16-8-23(2)9-17-28,29-18-10-24(3)11-19-29)30-20-12-25(4)13-21-30;1-23-5-13-27(14-6-23)21-31(29-17-9-25(3)10-18-29,30-19-11-26(4)12-20-30)22-28-15-7-24(2)8-16-28;;/h7-22,35-36H,23-30H2,1-6H3;4-18H,19-21H2,1-3H3;6-21H,5H2,1-4H3;5-20H,21-22H2,1-4H3;2*1H. The van der Waals surface area contributed by atoms with Crippen molar-refractivity contribution in [3.8, 4) is 0 Å². The summed E-state index contributed by atoms with van der Waals surface area (Å²) in [5.74, 6) is 0.205. The van der Waals surface area contributed by atoms with E-state index in [0.717, 1.165) is 52.5 Å². The number of aryl methyl sites for hydroxylation is 15. The number of carbonyl (C=O) groups excluding carboxylic acids is 3. The molecule has 0 unspecified atom stereocenters. The van der Waals surface area contributed by atoms with Crippen LogP contribution < -0.4 is 0 Å². The van der Waals surface area contributed by atoms with E-state index in [0.29, 0.717) is 38.8 Å². The molecule has 16 aromatic carbocycles.